The fraction of sp³-hybridized carbons (Fsp3) is 0.257. The molecule has 6 aromatic rings. The van der Waals surface area contributed by atoms with Gasteiger partial charge in [-0.1, -0.05) is 39.0 Å². The summed E-state index contributed by atoms with van der Waals surface area (Å²) in [7, 11) is 1.42. The van der Waals surface area contributed by atoms with Crippen LogP contribution in [0.1, 0.15) is 66.1 Å². The first-order chi connectivity index (χ1) is 23.4. The van der Waals surface area contributed by atoms with Crippen LogP contribution in [0, 0.1) is 5.41 Å². The summed E-state index contributed by atoms with van der Waals surface area (Å²) in [6.07, 6.45) is -2.00. The highest BCUT2D eigenvalue weighted by Crippen LogP contribution is 2.39. The highest BCUT2D eigenvalue weighted by molar-refractivity contribution is 6.11. The number of ketones is 1. The molecule has 0 aliphatic heterocycles. The van der Waals surface area contributed by atoms with Gasteiger partial charge in [0.25, 0.3) is 11.8 Å². The number of hydrogen-bond acceptors (Lipinski definition) is 7. The summed E-state index contributed by atoms with van der Waals surface area (Å²) in [4.78, 5) is 32.1. The van der Waals surface area contributed by atoms with E-state index in [2.05, 4.69) is 25.6 Å². The third kappa shape index (κ3) is 6.75. The molecule has 15 heteroatoms. The summed E-state index contributed by atoms with van der Waals surface area (Å²) in [6, 6.07) is 14.4. The first-order valence-corrected chi connectivity index (χ1v) is 15.3. The van der Waals surface area contributed by atoms with E-state index in [9.17, 15) is 31.5 Å². The number of carbonyl (C=O) groups is 2. The van der Waals surface area contributed by atoms with Gasteiger partial charge < -0.3 is 9.73 Å². The molecule has 258 valence electrons. The number of halogens is 5. The van der Waals surface area contributed by atoms with Crippen molar-refractivity contribution in [2.24, 2.45) is 5.41 Å². The third-order valence-corrected chi connectivity index (χ3v) is 7.73. The van der Waals surface area contributed by atoms with Gasteiger partial charge in [-0.15, -0.1) is 5.10 Å². The van der Waals surface area contributed by atoms with Gasteiger partial charge in [0.05, 0.1) is 34.6 Å². The molecule has 0 unspecified atom stereocenters. The van der Waals surface area contributed by atoms with E-state index in [0.29, 0.717) is 35.5 Å². The minimum atomic E-state index is -4.68. The maximum atomic E-state index is 13.7. The molecular formula is C35H30F5N7O3. The molecule has 0 saturated heterocycles. The predicted octanol–water partition coefficient (Wildman–Crippen LogP) is 8.04. The largest absolute Gasteiger partial charge is 0.437 e. The van der Waals surface area contributed by atoms with E-state index in [4.69, 9.17) is 4.42 Å². The van der Waals surface area contributed by atoms with E-state index >= 15 is 0 Å². The van der Waals surface area contributed by atoms with Crippen molar-refractivity contribution in [2.75, 3.05) is 7.05 Å². The molecule has 0 aliphatic carbocycles. The van der Waals surface area contributed by atoms with Crippen molar-refractivity contribution in [1.82, 2.24) is 35.1 Å². The molecule has 6 rings (SSSR count). The number of Topliss-reactive ketones (excluding diaryl/α,β-unsaturated/α-hetero) is 1. The molecule has 0 spiro atoms. The fourth-order valence-electron chi connectivity index (χ4n) is 5.32. The van der Waals surface area contributed by atoms with Gasteiger partial charge >= 0.3 is 6.18 Å². The Balaban J connectivity index is 1.53. The molecular weight excluding hydrogens is 661 g/mol. The van der Waals surface area contributed by atoms with Crippen molar-refractivity contribution in [1.29, 1.82) is 0 Å². The second-order valence-corrected chi connectivity index (χ2v) is 13.0. The molecule has 0 atom stereocenters. The Kier molecular flexibility index (Phi) is 8.40. The van der Waals surface area contributed by atoms with Crippen LogP contribution in [0.2, 0.25) is 0 Å². The lowest BCUT2D eigenvalue weighted by molar-refractivity contribution is -0.137. The summed E-state index contributed by atoms with van der Waals surface area (Å²) in [5.74, 6) is -3.81. The maximum absolute atomic E-state index is 13.7. The standard InChI is InChI=1S/C35H30F5N7O3/c1-33(2,3)15-26(48)21-8-6-7-20(13-21)24-14-25-28(31(49)41-5)29(50-32(25)44-30(24)46-18-22(16-42-46)35(38,39)40)19-9-11-23(12-10-19)47-43-17-27(45-47)34(4,36)37/h6-14,16-18H,15H2,1-5H3,(H,41,49). The number of carbonyl (C=O) groups excluding carboxylic acids is 2. The van der Waals surface area contributed by atoms with E-state index in [1.807, 2.05) is 20.8 Å². The molecule has 0 aliphatic rings. The number of fused-ring (bicyclic) bond motifs is 1. The van der Waals surface area contributed by atoms with Crippen molar-refractivity contribution in [2.45, 2.75) is 46.2 Å². The van der Waals surface area contributed by atoms with Crippen LogP contribution in [0.25, 0.3) is 45.1 Å². The van der Waals surface area contributed by atoms with Crippen LogP contribution in [0.4, 0.5) is 22.0 Å². The average molecular weight is 692 g/mol. The third-order valence-electron chi connectivity index (χ3n) is 7.73. The Morgan fingerprint density at radius 3 is 2.22 bits per heavy atom. The van der Waals surface area contributed by atoms with E-state index in [-0.39, 0.29) is 51.4 Å². The zero-order valence-corrected chi connectivity index (χ0v) is 27.4. The highest BCUT2D eigenvalue weighted by Gasteiger charge is 2.33. The number of pyridine rings is 1. The molecule has 4 heterocycles. The average Bonchev–Trinajstić information content (AvgIpc) is 3.82. The predicted molar refractivity (Wildman–Crippen MR) is 173 cm³/mol. The molecule has 0 radical (unpaired) electrons. The Labute approximate surface area is 281 Å². The second kappa shape index (κ2) is 12.3. The molecule has 0 bridgehead atoms. The van der Waals surface area contributed by atoms with Gasteiger partial charge in [-0.3, -0.25) is 9.59 Å². The lowest BCUT2D eigenvalue weighted by Gasteiger charge is -2.17. The molecule has 50 heavy (non-hydrogen) atoms. The Morgan fingerprint density at radius 1 is 0.900 bits per heavy atom. The summed E-state index contributed by atoms with van der Waals surface area (Å²) >= 11 is 0. The summed E-state index contributed by atoms with van der Waals surface area (Å²) in [5.41, 5.74) is 0.0518. The normalized spacial score (nSPS) is 12.4. The van der Waals surface area contributed by atoms with Crippen LogP contribution in [0.15, 0.2) is 77.6 Å². The summed E-state index contributed by atoms with van der Waals surface area (Å²) in [5, 5.41) is 14.5. The molecule has 1 amide bonds. The minimum Gasteiger partial charge on any atom is -0.437 e. The zero-order valence-electron chi connectivity index (χ0n) is 27.4. The number of furan rings is 1. The maximum Gasteiger partial charge on any atom is 0.419 e. The Hall–Kier alpha value is -5.73. The second-order valence-electron chi connectivity index (χ2n) is 13.0. The zero-order chi connectivity index (χ0) is 36.2. The number of nitrogens with one attached hydrogen (secondary N) is 1. The van der Waals surface area contributed by atoms with Crippen LogP contribution in [-0.4, -0.2) is 48.5 Å². The SMILES string of the molecule is CNC(=O)c1c(-c2ccc(-n3ncc(C(C)(F)F)n3)cc2)oc2nc(-n3cc(C(F)(F)F)cn3)c(-c3cccc(C(=O)CC(C)(C)C)c3)cc12. The monoisotopic (exact) mass is 691 g/mol. The number of nitrogens with zero attached hydrogens (tertiary/aromatic N) is 6. The fourth-order valence-corrected chi connectivity index (χ4v) is 5.32. The van der Waals surface area contributed by atoms with E-state index in [1.165, 1.54) is 7.05 Å². The van der Waals surface area contributed by atoms with Gasteiger partial charge in [0.15, 0.2) is 17.3 Å². The topological polar surface area (TPSA) is 121 Å². The first-order valence-electron chi connectivity index (χ1n) is 15.3. The lowest BCUT2D eigenvalue weighted by atomic mass is 9.87. The van der Waals surface area contributed by atoms with Gasteiger partial charge in [0.2, 0.25) is 5.71 Å². The highest BCUT2D eigenvalue weighted by atomic mass is 19.4. The van der Waals surface area contributed by atoms with E-state index in [0.717, 1.165) is 21.9 Å². The minimum absolute atomic E-state index is 0.0409. The van der Waals surface area contributed by atoms with Crippen molar-refractivity contribution in [3.05, 3.63) is 95.6 Å². The molecule has 0 saturated carbocycles. The Morgan fingerprint density at radius 2 is 1.62 bits per heavy atom. The number of hydrogen-bond donors (Lipinski definition) is 1. The van der Waals surface area contributed by atoms with Gasteiger partial charge in [0, 0.05) is 43.3 Å². The van der Waals surface area contributed by atoms with Crippen LogP contribution >= 0.6 is 0 Å². The van der Waals surface area contributed by atoms with E-state index in [1.54, 1.807) is 54.6 Å². The van der Waals surface area contributed by atoms with Crippen molar-refractivity contribution in [3.8, 4) is 34.0 Å². The van der Waals surface area contributed by atoms with Crippen molar-refractivity contribution >= 4 is 22.8 Å². The number of alkyl halides is 5. The van der Waals surface area contributed by atoms with Gasteiger partial charge in [-0.2, -0.15) is 41.9 Å². The first kappa shape index (κ1) is 34.1. The van der Waals surface area contributed by atoms with Gasteiger partial charge in [-0.25, -0.2) is 4.68 Å². The van der Waals surface area contributed by atoms with Gasteiger partial charge in [-0.05, 0) is 47.4 Å². The molecule has 2 aromatic carbocycles. The van der Waals surface area contributed by atoms with Crippen LogP contribution in [-0.2, 0) is 12.1 Å². The van der Waals surface area contributed by atoms with Gasteiger partial charge in [0.1, 0.15) is 5.76 Å². The summed E-state index contributed by atoms with van der Waals surface area (Å²) in [6.45, 7) is 6.51. The van der Waals surface area contributed by atoms with Crippen molar-refractivity contribution < 1.29 is 36.0 Å². The van der Waals surface area contributed by atoms with Crippen LogP contribution in [0.3, 0.4) is 0 Å². The van der Waals surface area contributed by atoms with E-state index < -0.39 is 29.3 Å². The number of aromatic nitrogens is 6. The lowest BCUT2D eigenvalue weighted by Crippen LogP contribution is -2.18. The summed E-state index contributed by atoms with van der Waals surface area (Å²) < 4.78 is 75.4. The smallest absolute Gasteiger partial charge is 0.419 e. The Bertz CT molecular complexity index is 2240. The van der Waals surface area contributed by atoms with Crippen LogP contribution < -0.4 is 5.32 Å². The molecule has 1 N–H and O–H groups in total. The molecule has 0 fully saturated rings. The number of rotatable bonds is 8. The number of benzene rings is 2. The van der Waals surface area contributed by atoms with Crippen molar-refractivity contribution in [3.63, 3.8) is 0 Å². The molecule has 4 aromatic heterocycles. The number of amides is 1. The van der Waals surface area contributed by atoms with Crippen LogP contribution in [0.5, 0.6) is 0 Å². The molecule has 10 nitrogen and oxygen atoms in total. The quantitative estimate of drug-likeness (QED) is 0.127.